The molecule has 2 aromatic heterocycles. The monoisotopic (exact) mass is 263 g/mol. The van der Waals surface area contributed by atoms with Crippen LogP contribution in [0, 0.1) is 6.92 Å². The van der Waals surface area contributed by atoms with E-state index < -0.39 is 0 Å². The molecule has 0 bridgehead atoms. The van der Waals surface area contributed by atoms with Crippen LogP contribution in [0.1, 0.15) is 37.3 Å². The minimum atomic E-state index is -0.116. The van der Waals surface area contributed by atoms with Crippen molar-refractivity contribution in [3.05, 3.63) is 24.0 Å². The summed E-state index contributed by atoms with van der Waals surface area (Å²) in [6.07, 6.45) is 4.41. The Morgan fingerprint density at radius 1 is 1.58 bits per heavy atom. The number of rotatable bonds is 6. The van der Waals surface area contributed by atoms with E-state index in [1.807, 2.05) is 13.8 Å². The van der Waals surface area contributed by atoms with Gasteiger partial charge in [0.05, 0.1) is 6.04 Å². The van der Waals surface area contributed by atoms with Crippen molar-refractivity contribution in [2.75, 3.05) is 0 Å². The van der Waals surface area contributed by atoms with Crippen molar-refractivity contribution in [3.8, 4) is 0 Å². The van der Waals surface area contributed by atoms with Crippen LogP contribution >= 0.6 is 0 Å². The average Bonchev–Trinajstić information content (AvgIpc) is 3.00. The Balaban J connectivity index is 1.72. The van der Waals surface area contributed by atoms with Crippen LogP contribution in [0.4, 0.5) is 0 Å². The minimum absolute atomic E-state index is 0.00497. The van der Waals surface area contributed by atoms with Gasteiger partial charge in [0.1, 0.15) is 12.2 Å². The fourth-order valence-corrected chi connectivity index (χ4v) is 1.72. The van der Waals surface area contributed by atoms with Gasteiger partial charge in [-0.1, -0.05) is 0 Å². The highest BCUT2D eigenvalue weighted by Gasteiger charge is 2.11. The van der Waals surface area contributed by atoms with Crippen molar-refractivity contribution in [2.45, 2.75) is 39.3 Å². The summed E-state index contributed by atoms with van der Waals surface area (Å²) in [6.45, 7) is 4.46. The van der Waals surface area contributed by atoms with Crippen molar-refractivity contribution in [1.82, 2.24) is 35.5 Å². The lowest BCUT2D eigenvalue weighted by molar-refractivity contribution is -0.121. The molecule has 0 spiro atoms. The fourth-order valence-electron chi connectivity index (χ4n) is 1.72. The van der Waals surface area contributed by atoms with Gasteiger partial charge in [0.15, 0.2) is 0 Å². The maximum atomic E-state index is 11.7. The first-order valence-corrected chi connectivity index (χ1v) is 6.17. The summed E-state index contributed by atoms with van der Waals surface area (Å²) in [4.78, 5) is 19.0. The number of carbonyl (C=O) groups excluding carboxylic acids is 1. The van der Waals surface area contributed by atoms with Crippen LogP contribution in [0.5, 0.6) is 0 Å². The number of imidazole rings is 1. The van der Waals surface area contributed by atoms with Gasteiger partial charge in [-0.25, -0.2) is 9.67 Å². The first-order chi connectivity index (χ1) is 9.15. The van der Waals surface area contributed by atoms with Gasteiger partial charge in [-0.15, -0.1) is 5.10 Å². The predicted octanol–water partition coefficient (Wildman–Crippen LogP) is 0.362. The standard InChI is InChI=1S/C11H17N7O/c1-8-6-12-11(14-8)9(2)15-10(19)4-3-5-18-7-13-16-17-18/h6-7,9H,3-5H2,1-2H3,(H,12,14)(H,15,19)/t9-/m0/s1. The molecule has 0 saturated carbocycles. The number of nitrogens with one attached hydrogen (secondary N) is 2. The van der Waals surface area contributed by atoms with Crippen LogP contribution in [-0.2, 0) is 11.3 Å². The molecule has 0 unspecified atom stereocenters. The molecule has 19 heavy (non-hydrogen) atoms. The molecular weight excluding hydrogens is 246 g/mol. The lowest BCUT2D eigenvalue weighted by atomic mass is 10.2. The van der Waals surface area contributed by atoms with Gasteiger partial charge in [-0.2, -0.15) is 0 Å². The lowest BCUT2D eigenvalue weighted by Crippen LogP contribution is -2.27. The molecule has 1 amide bonds. The summed E-state index contributed by atoms with van der Waals surface area (Å²) in [7, 11) is 0. The molecule has 8 heteroatoms. The quantitative estimate of drug-likeness (QED) is 0.783. The number of nitrogens with zero attached hydrogens (tertiary/aromatic N) is 5. The van der Waals surface area contributed by atoms with E-state index in [0.29, 0.717) is 19.4 Å². The third kappa shape index (κ3) is 3.87. The van der Waals surface area contributed by atoms with Crippen LogP contribution < -0.4 is 5.32 Å². The molecule has 0 saturated heterocycles. The molecule has 0 aliphatic rings. The van der Waals surface area contributed by atoms with Crippen LogP contribution in [0.25, 0.3) is 0 Å². The van der Waals surface area contributed by atoms with E-state index in [1.54, 1.807) is 10.9 Å². The van der Waals surface area contributed by atoms with Crippen molar-refractivity contribution in [1.29, 1.82) is 0 Å². The van der Waals surface area contributed by atoms with Crippen LogP contribution in [0.2, 0.25) is 0 Å². The third-order valence-electron chi connectivity index (χ3n) is 2.69. The fraction of sp³-hybridized carbons (Fsp3) is 0.545. The summed E-state index contributed by atoms with van der Waals surface area (Å²) in [6, 6.07) is -0.116. The van der Waals surface area contributed by atoms with Crippen molar-refractivity contribution in [3.63, 3.8) is 0 Å². The molecule has 2 rings (SSSR count). The van der Waals surface area contributed by atoms with Gasteiger partial charge in [0.2, 0.25) is 5.91 Å². The van der Waals surface area contributed by atoms with Crippen LogP contribution in [-0.4, -0.2) is 36.1 Å². The number of aryl methyl sites for hydroxylation is 2. The SMILES string of the molecule is Cc1cnc([C@H](C)NC(=O)CCCn2cnnn2)[nH]1. The summed E-state index contributed by atoms with van der Waals surface area (Å²) in [5.41, 5.74) is 0.981. The highest BCUT2D eigenvalue weighted by Crippen LogP contribution is 2.08. The Morgan fingerprint density at radius 2 is 2.42 bits per heavy atom. The molecular formula is C11H17N7O. The molecule has 2 heterocycles. The molecule has 2 N–H and O–H groups in total. The Hall–Kier alpha value is -2.25. The zero-order valence-electron chi connectivity index (χ0n) is 11.0. The second kappa shape index (κ2) is 6.07. The molecule has 0 aliphatic carbocycles. The van der Waals surface area contributed by atoms with Gasteiger partial charge in [-0.3, -0.25) is 4.79 Å². The molecule has 1 atom stereocenters. The summed E-state index contributed by atoms with van der Waals surface area (Å²) < 4.78 is 1.60. The molecule has 8 nitrogen and oxygen atoms in total. The molecule has 0 radical (unpaired) electrons. The Bertz CT molecular complexity index is 519. The van der Waals surface area contributed by atoms with E-state index in [4.69, 9.17) is 0 Å². The smallest absolute Gasteiger partial charge is 0.220 e. The van der Waals surface area contributed by atoms with Crippen molar-refractivity contribution in [2.24, 2.45) is 0 Å². The zero-order valence-corrected chi connectivity index (χ0v) is 11.0. The van der Waals surface area contributed by atoms with Crippen LogP contribution in [0.15, 0.2) is 12.5 Å². The summed E-state index contributed by atoms with van der Waals surface area (Å²) in [5, 5.41) is 13.7. The van der Waals surface area contributed by atoms with Gasteiger partial charge in [0, 0.05) is 24.9 Å². The molecule has 0 aromatic carbocycles. The summed E-state index contributed by atoms with van der Waals surface area (Å²) >= 11 is 0. The van der Waals surface area contributed by atoms with E-state index in [2.05, 4.69) is 30.8 Å². The second-order valence-corrected chi connectivity index (χ2v) is 4.42. The van der Waals surface area contributed by atoms with Gasteiger partial charge < -0.3 is 10.3 Å². The highest BCUT2D eigenvalue weighted by molar-refractivity contribution is 5.76. The number of aromatic nitrogens is 6. The van der Waals surface area contributed by atoms with E-state index in [9.17, 15) is 4.79 Å². The zero-order chi connectivity index (χ0) is 13.7. The Kier molecular flexibility index (Phi) is 4.22. The minimum Gasteiger partial charge on any atom is -0.346 e. The first-order valence-electron chi connectivity index (χ1n) is 6.17. The van der Waals surface area contributed by atoms with Crippen LogP contribution in [0.3, 0.4) is 0 Å². The van der Waals surface area contributed by atoms with E-state index >= 15 is 0 Å². The van der Waals surface area contributed by atoms with Crippen molar-refractivity contribution < 1.29 is 4.79 Å². The molecule has 0 fully saturated rings. The first kappa shape index (κ1) is 13.2. The number of hydrogen-bond donors (Lipinski definition) is 2. The Morgan fingerprint density at radius 3 is 3.05 bits per heavy atom. The maximum Gasteiger partial charge on any atom is 0.220 e. The number of H-pyrrole nitrogens is 1. The predicted molar refractivity (Wildman–Crippen MR) is 66.9 cm³/mol. The number of carbonyl (C=O) groups is 1. The summed E-state index contributed by atoms with van der Waals surface area (Å²) in [5.74, 6) is 0.765. The number of hydrogen-bond acceptors (Lipinski definition) is 5. The number of tetrazole rings is 1. The van der Waals surface area contributed by atoms with Gasteiger partial charge in [-0.05, 0) is 30.7 Å². The number of aromatic amines is 1. The largest absolute Gasteiger partial charge is 0.346 e. The van der Waals surface area contributed by atoms with E-state index in [-0.39, 0.29) is 11.9 Å². The molecule has 0 aliphatic heterocycles. The van der Waals surface area contributed by atoms with Crippen molar-refractivity contribution >= 4 is 5.91 Å². The topological polar surface area (TPSA) is 101 Å². The second-order valence-electron chi connectivity index (χ2n) is 4.42. The van der Waals surface area contributed by atoms with E-state index in [0.717, 1.165) is 11.5 Å². The number of amides is 1. The third-order valence-corrected chi connectivity index (χ3v) is 2.69. The average molecular weight is 263 g/mol. The highest BCUT2D eigenvalue weighted by atomic mass is 16.1. The maximum absolute atomic E-state index is 11.7. The normalized spacial score (nSPS) is 12.3. The molecule has 2 aromatic rings. The van der Waals surface area contributed by atoms with E-state index in [1.165, 1.54) is 6.33 Å². The van der Waals surface area contributed by atoms with Gasteiger partial charge in [0.25, 0.3) is 0 Å². The lowest BCUT2D eigenvalue weighted by Gasteiger charge is -2.11. The Labute approximate surface area is 110 Å². The molecule has 102 valence electrons. The van der Waals surface area contributed by atoms with Gasteiger partial charge >= 0.3 is 0 Å².